The molecule has 2 aliphatic rings. The number of halogens is 3. The number of phenols is 1. The molecular weight excluding hydrogens is 459 g/mol. The first-order valence-electron chi connectivity index (χ1n) is 11.1. The van der Waals surface area contributed by atoms with Crippen LogP contribution < -0.4 is 15.5 Å². The summed E-state index contributed by atoms with van der Waals surface area (Å²) in [7, 11) is 0. The van der Waals surface area contributed by atoms with Gasteiger partial charge in [-0.05, 0) is 66.9 Å². The number of phenolic OH excluding ortho intramolecular Hbond substituents is 1. The van der Waals surface area contributed by atoms with E-state index in [9.17, 15) is 27.9 Å². The Morgan fingerprint density at radius 2 is 1.71 bits per heavy atom. The van der Waals surface area contributed by atoms with Gasteiger partial charge < -0.3 is 15.7 Å². The average Bonchev–Trinajstić information content (AvgIpc) is 3.09. The van der Waals surface area contributed by atoms with E-state index in [0.717, 1.165) is 12.1 Å². The van der Waals surface area contributed by atoms with Gasteiger partial charge >= 0.3 is 6.18 Å². The molecule has 1 aliphatic carbocycles. The molecule has 180 valence electrons. The summed E-state index contributed by atoms with van der Waals surface area (Å²) in [5.41, 5.74) is 4.93. The fourth-order valence-electron chi connectivity index (χ4n) is 5.19. The summed E-state index contributed by atoms with van der Waals surface area (Å²) < 4.78 is 41.1. The molecule has 3 aromatic rings. The Kier molecular flexibility index (Phi) is 5.14. The lowest BCUT2D eigenvalue weighted by Crippen LogP contribution is -2.53. The minimum absolute atomic E-state index is 0.0381. The van der Waals surface area contributed by atoms with Gasteiger partial charge in [0.25, 0.3) is 5.91 Å². The number of aromatic hydroxyl groups is 1. The van der Waals surface area contributed by atoms with Crippen molar-refractivity contribution in [3.05, 3.63) is 83.4 Å². The maximum atomic E-state index is 14.4. The lowest BCUT2D eigenvalue weighted by molar-refractivity contribution is -0.138. The van der Waals surface area contributed by atoms with Crippen LogP contribution in [0.4, 0.5) is 30.2 Å². The van der Waals surface area contributed by atoms with E-state index >= 15 is 0 Å². The molecule has 0 saturated heterocycles. The molecule has 35 heavy (non-hydrogen) atoms. The van der Waals surface area contributed by atoms with E-state index in [1.165, 1.54) is 34.1 Å². The molecule has 0 fully saturated rings. The van der Waals surface area contributed by atoms with E-state index < -0.39 is 35.0 Å². The van der Waals surface area contributed by atoms with Gasteiger partial charge in [0.1, 0.15) is 5.75 Å². The molecule has 0 aromatic heterocycles. The lowest BCUT2D eigenvalue weighted by Gasteiger charge is -2.32. The van der Waals surface area contributed by atoms with Crippen molar-refractivity contribution in [2.45, 2.75) is 31.0 Å². The Balaban J connectivity index is 1.84. The van der Waals surface area contributed by atoms with Gasteiger partial charge in [0.15, 0.2) is 5.41 Å². The van der Waals surface area contributed by atoms with Crippen LogP contribution >= 0.6 is 0 Å². The quantitative estimate of drug-likeness (QED) is 0.516. The number of likely N-dealkylation sites (N-methyl/N-ethyl adjacent to an activating group) is 1. The molecule has 3 aromatic carbocycles. The van der Waals surface area contributed by atoms with Crippen LogP contribution in [0, 0.1) is 0 Å². The highest BCUT2D eigenvalue weighted by molar-refractivity contribution is 6.27. The molecule has 2 unspecified atom stereocenters. The number of carbonyl (C=O) groups excluding carboxylic acids is 2. The van der Waals surface area contributed by atoms with Crippen LogP contribution in [0.1, 0.15) is 36.1 Å². The number of anilines is 3. The number of benzene rings is 3. The molecule has 2 amide bonds. The van der Waals surface area contributed by atoms with Crippen molar-refractivity contribution in [1.82, 2.24) is 0 Å². The third kappa shape index (κ3) is 3.30. The van der Waals surface area contributed by atoms with Gasteiger partial charge in [0, 0.05) is 18.3 Å². The predicted molar refractivity (Wildman–Crippen MR) is 124 cm³/mol. The van der Waals surface area contributed by atoms with Crippen LogP contribution in [-0.2, 0) is 21.2 Å². The first kappa shape index (κ1) is 22.9. The zero-order chi connectivity index (χ0) is 25.1. The van der Waals surface area contributed by atoms with Crippen molar-refractivity contribution in [2.75, 3.05) is 16.3 Å². The number of nitrogens with two attached hydrogens (primary N) is 1. The molecular formula is C26H22F3N3O3. The third-order valence-corrected chi connectivity index (χ3v) is 6.76. The predicted octanol–water partition coefficient (Wildman–Crippen LogP) is 4.78. The highest BCUT2D eigenvalue weighted by Crippen LogP contribution is 2.53. The summed E-state index contributed by atoms with van der Waals surface area (Å²) in [5.74, 6) is -1.32. The number of hydrogen-bond donors (Lipinski definition) is 2. The van der Waals surface area contributed by atoms with Gasteiger partial charge in [-0.1, -0.05) is 24.3 Å². The Bertz CT molecular complexity index is 1340. The van der Waals surface area contributed by atoms with Crippen molar-refractivity contribution in [3.63, 3.8) is 0 Å². The van der Waals surface area contributed by atoms with E-state index in [1.807, 2.05) is 0 Å². The van der Waals surface area contributed by atoms with Gasteiger partial charge in [0.05, 0.1) is 16.9 Å². The van der Waals surface area contributed by atoms with Crippen LogP contribution in [0.3, 0.4) is 0 Å². The van der Waals surface area contributed by atoms with Crippen LogP contribution in [0.15, 0.2) is 66.7 Å². The molecule has 3 N–H and O–H groups in total. The van der Waals surface area contributed by atoms with Crippen molar-refractivity contribution < 1.29 is 27.9 Å². The second kappa shape index (κ2) is 7.84. The largest absolute Gasteiger partial charge is 0.508 e. The molecule has 1 spiro atoms. The SMILES string of the molecule is CCN1C(=O)C2(CC(N)c3cc(O)ccc32)C(=O)N(c2ccccc2)c2cc(C(F)(F)F)ccc21. The van der Waals surface area contributed by atoms with E-state index in [-0.39, 0.29) is 30.1 Å². The standard InChI is InChI=1S/C26H22F3N3O3/c1-2-31-21-11-8-15(26(27,28)29)12-22(21)32(16-6-4-3-5-7-16)24(35)25(23(31)34)14-20(30)18-13-17(33)9-10-19(18)25/h3-13,20,33H,2,14,30H2,1H3. The number of rotatable bonds is 2. The highest BCUT2D eigenvalue weighted by atomic mass is 19.4. The molecule has 9 heteroatoms. The monoisotopic (exact) mass is 481 g/mol. The zero-order valence-electron chi connectivity index (χ0n) is 18.7. The van der Waals surface area contributed by atoms with Gasteiger partial charge in [0.2, 0.25) is 5.91 Å². The van der Waals surface area contributed by atoms with Crippen molar-refractivity contribution in [1.29, 1.82) is 0 Å². The number of alkyl halides is 3. The molecule has 1 aliphatic heterocycles. The summed E-state index contributed by atoms with van der Waals surface area (Å²) >= 11 is 0. The summed E-state index contributed by atoms with van der Waals surface area (Å²) in [6, 6.07) is 14.9. The lowest BCUT2D eigenvalue weighted by atomic mass is 9.78. The fourth-order valence-corrected chi connectivity index (χ4v) is 5.19. The van der Waals surface area contributed by atoms with Crippen molar-refractivity contribution in [2.24, 2.45) is 5.73 Å². The minimum Gasteiger partial charge on any atom is -0.508 e. The Hall–Kier alpha value is -3.85. The molecule has 0 radical (unpaired) electrons. The average molecular weight is 481 g/mol. The Labute approximate surface area is 199 Å². The van der Waals surface area contributed by atoms with Crippen LogP contribution in [-0.4, -0.2) is 23.5 Å². The molecule has 1 heterocycles. The summed E-state index contributed by atoms with van der Waals surface area (Å²) in [6.45, 7) is 1.82. The van der Waals surface area contributed by atoms with E-state index in [0.29, 0.717) is 16.8 Å². The van der Waals surface area contributed by atoms with E-state index in [1.54, 1.807) is 37.3 Å². The van der Waals surface area contributed by atoms with E-state index in [4.69, 9.17) is 5.73 Å². The topological polar surface area (TPSA) is 86.9 Å². The number of para-hydroxylation sites is 1. The number of carbonyl (C=O) groups is 2. The number of nitrogens with zero attached hydrogens (tertiary/aromatic N) is 2. The Morgan fingerprint density at radius 3 is 2.37 bits per heavy atom. The maximum absolute atomic E-state index is 14.4. The first-order valence-corrected chi connectivity index (χ1v) is 11.1. The smallest absolute Gasteiger partial charge is 0.416 e. The molecule has 0 bridgehead atoms. The normalized spacial score (nSPS) is 21.8. The van der Waals surface area contributed by atoms with Gasteiger partial charge in [-0.15, -0.1) is 0 Å². The summed E-state index contributed by atoms with van der Waals surface area (Å²) in [4.78, 5) is 31.1. The second-order valence-electron chi connectivity index (χ2n) is 8.71. The molecule has 5 rings (SSSR count). The number of hydrogen-bond acceptors (Lipinski definition) is 4. The fraction of sp³-hybridized carbons (Fsp3) is 0.231. The van der Waals surface area contributed by atoms with Crippen molar-refractivity contribution in [3.8, 4) is 5.75 Å². The van der Waals surface area contributed by atoms with Crippen LogP contribution in [0.25, 0.3) is 0 Å². The molecule has 2 atom stereocenters. The van der Waals surface area contributed by atoms with Gasteiger partial charge in [-0.3, -0.25) is 14.5 Å². The van der Waals surface area contributed by atoms with E-state index in [2.05, 4.69) is 0 Å². The Morgan fingerprint density at radius 1 is 1.00 bits per heavy atom. The van der Waals surface area contributed by atoms with Crippen LogP contribution in [0.2, 0.25) is 0 Å². The second-order valence-corrected chi connectivity index (χ2v) is 8.71. The van der Waals surface area contributed by atoms with Crippen LogP contribution in [0.5, 0.6) is 5.75 Å². The summed E-state index contributed by atoms with van der Waals surface area (Å²) in [6.07, 6.45) is -4.73. The number of fused-ring (bicyclic) bond motifs is 3. The maximum Gasteiger partial charge on any atom is 0.416 e. The zero-order valence-corrected chi connectivity index (χ0v) is 18.7. The number of amides is 2. The molecule has 6 nitrogen and oxygen atoms in total. The minimum atomic E-state index is -4.65. The van der Waals surface area contributed by atoms with Crippen molar-refractivity contribution >= 4 is 28.9 Å². The first-order chi connectivity index (χ1) is 16.6. The van der Waals surface area contributed by atoms with Gasteiger partial charge in [-0.2, -0.15) is 13.2 Å². The third-order valence-electron chi connectivity index (χ3n) is 6.76. The van der Waals surface area contributed by atoms with Gasteiger partial charge in [-0.25, -0.2) is 0 Å². The highest BCUT2D eigenvalue weighted by Gasteiger charge is 2.59. The summed E-state index contributed by atoms with van der Waals surface area (Å²) in [5, 5.41) is 10.0. The molecule has 0 saturated carbocycles.